The number of primary sulfonamides is 1. The standard InChI is InChI=1S/C16H18N4O4S/c17-25(23,24)13-5-3-12(4-6-13)16(22)18-9-10-20-15(21)8-7-14(19-20)11-1-2-11/h3-8,11H,1-2,9-10H2,(H,18,22)(H2,17,23,24). The van der Waals surface area contributed by atoms with Crippen LogP contribution in [-0.4, -0.2) is 30.7 Å². The van der Waals surface area contributed by atoms with Crippen molar-refractivity contribution in [2.75, 3.05) is 6.54 Å². The number of hydrogen-bond acceptors (Lipinski definition) is 5. The van der Waals surface area contributed by atoms with Crippen molar-refractivity contribution in [2.24, 2.45) is 5.14 Å². The molecule has 0 radical (unpaired) electrons. The van der Waals surface area contributed by atoms with Crippen molar-refractivity contribution in [1.29, 1.82) is 0 Å². The Bertz CT molecular complexity index is 947. The number of nitrogens with two attached hydrogens (primary N) is 1. The summed E-state index contributed by atoms with van der Waals surface area (Å²) in [6.45, 7) is 0.497. The first kappa shape index (κ1) is 17.3. The largest absolute Gasteiger partial charge is 0.350 e. The number of carbonyl (C=O) groups excluding carboxylic acids is 1. The van der Waals surface area contributed by atoms with Crippen molar-refractivity contribution in [3.05, 3.63) is 58.0 Å². The second-order valence-corrected chi connectivity index (χ2v) is 7.48. The summed E-state index contributed by atoms with van der Waals surface area (Å²) in [5.41, 5.74) is 1.00. The molecule has 1 aromatic heterocycles. The summed E-state index contributed by atoms with van der Waals surface area (Å²) in [5.74, 6) is 0.0751. The monoisotopic (exact) mass is 362 g/mol. The smallest absolute Gasteiger partial charge is 0.266 e. The van der Waals surface area contributed by atoms with E-state index in [1.807, 2.05) is 0 Å². The van der Waals surface area contributed by atoms with Crippen LogP contribution in [0.25, 0.3) is 0 Å². The SMILES string of the molecule is NS(=O)(=O)c1ccc(C(=O)NCCn2nc(C3CC3)ccc2=O)cc1. The summed E-state index contributed by atoms with van der Waals surface area (Å²) in [4.78, 5) is 23.8. The highest BCUT2D eigenvalue weighted by Crippen LogP contribution is 2.38. The highest BCUT2D eigenvalue weighted by atomic mass is 32.2. The van der Waals surface area contributed by atoms with Gasteiger partial charge in [0.1, 0.15) is 0 Å². The average Bonchev–Trinajstić information content (AvgIpc) is 3.41. The molecule has 9 heteroatoms. The lowest BCUT2D eigenvalue weighted by atomic mass is 10.2. The molecule has 3 rings (SSSR count). The fourth-order valence-electron chi connectivity index (χ4n) is 2.40. The maximum absolute atomic E-state index is 12.1. The molecule has 0 saturated heterocycles. The van der Waals surface area contributed by atoms with E-state index in [1.165, 1.54) is 35.0 Å². The highest BCUT2D eigenvalue weighted by Gasteiger charge is 2.25. The minimum atomic E-state index is -3.79. The third-order valence-corrected chi connectivity index (χ3v) is 4.87. The summed E-state index contributed by atoms with van der Waals surface area (Å²) in [5, 5.41) is 12.0. The number of sulfonamides is 1. The first-order chi connectivity index (χ1) is 11.8. The van der Waals surface area contributed by atoms with Gasteiger partial charge in [0.25, 0.3) is 11.5 Å². The van der Waals surface area contributed by atoms with Crippen molar-refractivity contribution >= 4 is 15.9 Å². The van der Waals surface area contributed by atoms with Gasteiger partial charge in [0.15, 0.2) is 0 Å². The molecule has 0 unspecified atom stereocenters. The molecule has 25 heavy (non-hydrogen) atoms. The lowest BCUT2D eigenvalue weighted by Crippen LogP contribution is -2.32. The van der Waals surface area contributed by atoms with Crippen molar-refractivity contribution in [2.45, 2.75) is 30.2 Å². The Morgan fingerprint density at radius 3 is 2.48 bits per heavy atom. The summed E-state index contributed by atoms with van der Waals surface area (Å²) in [6, 6.07) is 8.56. The maximum atomic E-state index is 12.1. The van der Waals surface area contributed by atoms with E-state index in [0.29, 0.717) is 11.5 Å². The van der Waals surface area contributed by atoms with Crippen molar-refractivity contribution < 1.29 is 13.2 Å². The Kier molecular flexibility index (Phi) is 4.69. The van der Waals surface area contributed by atoms with Gasteiger partial charge in [0.2, 0.25) is 10.0 Å². The number of nitrogens with one attached hydrogen (secondary N) is 1. The van der Waals surface area contributed by atoms with Gasteiger partial charge in [-0.15, -0.1) is 0 Å². The van der Waals surface area contributed by atoms with Crippen LogP contribution in [0.5, 0.6) is 0 Å². The molecule has 0 bridgehead atoms. The van der Waals surface area contributed by atoms with Gasteiger partial charge in [0.05, 0.1) is 17.1 Å². The molecule has 2 aromatic rings. The lowest BCUT2D eigenvalue weighted by Gasteiger charge is -2.08. The first-order valence-electron chi connectivity index (χ1n) is 7.84. The van der Waals surface area contributed by atoms with Crippen LogP contribution in [0.4, 0.5) is 0 Å². The Morgan fingerprint density at radius 1 is 1.20 bits per heavy atom. The number of nitrogens with zero attached hydrogens (tertiary/aromatic N) is 2. The number of rotatable bonds is 6. The number of carbonyl (C=O) groups is 1. The Hall–Kier alpha value is -2.52. The van der Waals surface area contributed by atoms with Gasteiger partial charge in [-0.25, -0.2) is 18.2 Å². The predicted molar refractivity (Wildman–Crippen MR) is 90.6 cm³/mol. The van der Waals surface area contributed by atoms with E-state index in [0.717, 1.165) is 18.5 Å². The van der Waals surface area contributed by atoms with Crippen LogP contribution >= 0.6 is 0 Å². The van der Waals surface area contributed by atoms with E-state index >= 15 is 0 Å². The third-order valence-electron chi connectivity index (χ3n) is 3.94. The third kappa shape index (κ3) is 4.31. The molecule has 1 aliphatic rings. The van der Waals surface area contributed by atoms with Gasteiger partial charge in [-0.2, -0.15) is 5.10 Å². The molecule has 0 spiro atoms. The van der Waals surface area contributed by atoms with E-state index in [2.05, 4.69) is 10.4 Å². The van der Waals surface area contributed by atoms with Crippen molar-refractivity contribution in [3.63, 3.8) is 0 Å². The van der Waals surface area contributed by atoms with Crippen LogP contribution in [-0.2, 0) is 16.6 Å². The molecule has 1 aromatic carbocycles. The van der Waals surface area contributed by atoms with Gasteiger partial charge >= 0.3 is 0 Å². The number of benzene rings is 1. The molecule has 1 fully saturated rings. The zero-order valence-corrected chi connectivity index (χ0v) is 14.2. The zero-order chi connectivity index (χ0) is 18.0. The van der Waals surface area contributed by atoms with Gasteiger partial charge < -0.3 is 5.32 Å². The predicted octanol–water partition coefficient (Wildman–Crippen LogP) is 0.198. The Morgan fingerprint density at radius 2 is 1.88 bits per heavy atom. The molecule has 132 valence electrons. The summed E-state index contributed by atoms with van der Waals surface area (Å²) in [6.07, 6.45) is 2.19. The van der Waals surface area contributed by atoms with E-state index in [9.17, 15) is 18.0 Å². The van der Waals surface area contributed by atoms with Crippen LogP contribution in [0, 0.1) is 0 Å². The quantitative estimate of drug-likeness (QED) is 0.759. The van der Waals surface area contributed by atoms with Crippen LogP contribution in [0.1, 0.15) is 34.8 Å². The van der Waals surface area contributed by atoms with Crippen molar-refractivity contribution in [3.8, 4) is 0 Å². The first-order valence-corrected chi connectivity index (χ1v) is 9.38. The average molecular weight is 362 g/mol. The summed E-state index contributed by atoms with van der Waals surface area (Å²) >= 11 is 0. The molecule has 1 aliphatic carbocycles. The van der Waals surface area contributed by atoms with E-state index < -0.39 is 10.0 Å². The Balaban J connectivity index is 1.59. The number of hydrogen-bond donors (Lipinski definition) is 2. The second-order valence-electron chi connectivity index (χ2n) is 5.92. The summed E-state index contributed by atoms with van der Waals surface area (Å²) < 4.78 is 23.7. The minimum Gasteiger partial charge on any atom is -0.350 e. The topological polar surface area (TPSA) is 124 Å². The van der Waals surface area contributed by atoms with Crippen LogP contribution < -0.4 is 16.0 Å². The molecule has 1 saturated carbocycles. The normalized spacial score (nSPS) is 14.3. The molecule has 1 amide bonds. The van der Waals surface area contributed by atoms with E-state index in [4.69, 9.17) is 5.14 Å². The zero-order valence-electron chi connectivity index (χ0n) is 13.4. The number of aromatic nitrogens is 2. The van der Waals surface area contributed by atoms with Gasteiger partial charge in [-0.05, 0) is 43.2 Å². The van der Waals surface area contributed by atoms with Crippen LogP contribution in [0.2, 0.25) is 0 Å². The van der Waals surface area contributed by atoms with E-state index in [-0.39, 0.29) is 29.5 Å². The molecular weight excluding hydrogens is 344 g/mol. The highest BCUT2D eigenvalue weighted by molar-refractivity contribution is 7.89. The van der Waals surface area contributed by atoms with Crippen LogP contribution in [0.3, 0.4) is 0 Å². The van der Waals surface area contributed by atoms with Crippen molar-refractivity contribution in [1.82, 2.24) is 15.1 Å². The maximum Gasteiger partial charge on any atom is 0.266 e. The van der Waals surface area contributed by atoms with Gasteiger partial charge in [-0.1, -0.05) is 0 Å². The fourth-order valence-corrected chi connectivity index (χ4v) is 2.91. The fraction of sp³-hybridized carbons (Fsp3) is 0.312. The lowest BCUT2D eigenvalue weighted by molar-refractivity contribution is 0.0951. The molecule has 3 N–H and O–H groups in total. The molecule has 0 atom stereocenters. The molecule has 8 nitrogen and oxygen atoms in total. The molecule has 1 heterocycles. The second kappa shape index (κ2) is 6.77. The Labute approximate surface area is 144 Å². The van der Waals surface area contributed by atoms with Crippen LogP contribution in [0.15, 0.2) is 46.1 Å². The van der Waals surface area contributed by atoms with Gasteiger partial charge in [0, 0.05) is 24.1 Å². The molecule has 0 aliphatic heterocycles. The number of amides is 1. The summed E-state index contributed by atoms with van der Waals surface area (Å²) in [7, 11) is -3.79. The van der Waals surface area contributed by atoms with Gasteiger partial charge in [-0.3, -0.25) is 9.59 Å². The minimum absolute atomic E-state index is 0.0586. The molecular formula is C16H18N4O4S. The van der Waals surface area contributed by atoms with E-state index in [1.54, 1.807) is 6.07 Å².